The molecule has 0 aliphatic rings. The lowest BCUT2D eigenvalue weighted by Gasteiger charge is -2.08. The second kappa shape index (κ2) is 7.38. The number of rotatable bonds is 4. The first-order chi connectivity index (χ1) is 11.2. The van der Waals surface area contributed by atoms with Crippen LogP contribution in [-0.2, 0) is 6.42 Å². The van der Waals surface area contributed by atoms with Crippen molar-refractivity contribution in [1.29, 1.82) is 0 Å². The molecule has 0 saturated carbocycles. The van der Waals surface area contributed by atoms with Crippen molar-refractivity contribution in [3.8, 4) is 0 Å². The highest BCUT2D eigenvalue weighted by atomic mass is 79.9. The Labute approximate surface area is 145 Å². The van der Waals surface area contributed by atoms with Crippen molar-refractivity contribution in [2.45, 2.75) is 13.3 Å². The Kier molecular flexibility index (Phi) is 5.04. The number of para-hydroxylation sites is 1. The molecule has 0 amide bonds. The van der Waals surface area contributed by atoms with Gasteiger partial charge in [0.15, 0.2) is 0 Å². The van der Waals surface area contributed by atoms with Crippen LogP contribution in [0.2, 0.25) is 0 Å². The molecule has 0 unspecified atom stereocenters. The van der Waals surface area contributed by atoms with Crippen LogP contribution in [-0.4, -0.2) is 5.71 Å². The minimum Gasteiger partial charge on any atom is -0.253 e. The van der Waals surface area contributed by atoms with Crippen molar-refractivity contribution in [3.05, 3.63) is 100 Å². The van der Waals surface area contributed by atoms with E-state index < -0.39 is 0 Å². The number of benzene rings is 3. The van der Waals surface area contributed by atoms with Gasteiger partial charge in [0.05, 0.1) is 5.69 Å². The Bertz CT molecular complexity index is 805. The van der Waals surface area contributed by atoms with E-state index in [-0.39, 0.29) is 0 Å². The highest BCUT2D eigenvalue weighted by molar-refractivity contribution is 9.10. The lowest BCUT2D eigenvalue weighted by molar-refractivity contribution is 1.18. The van der Waals surface area contributed by atoms with Crippen LogP contribution >= 0.6 is 15.9 Å². The van der Waals surface area contributed by atoms with Gasteiger partial charge < -0.3 is 0 Å². The summed E-state index contributed by atoms with van der Waals surface area (Å²) in [6, 6.07) is 27.1. The summed E-state index contributed by atoms with van der Waals surface area (Å²) in [5, 5.41) is 0. The van der Waals surface area contributed by atoms with E-state index in [1.54, 1.807) is 0 Å². The van der Waals surface area contributed by atoms with Gasteiger partial charge in [0, 0.05) is 10.2 Å². The summed E-state index contributed by atoms with van der Waals surface area (Å²) in [6.45, 7) is 2.06. The van der Waals surface area contributed by atoms with Crippen LogP contribution in [0.15, 0.2) is 88.3 Å². The van der Waals surface area contributed by atoms with Crippen molar-refractivity contribution in [2.24, 2.45) is 4.99 Å². The van der Waals surface area contributed by atoms with E-state index in [9.17, 15) is 0 Å². The van der Waals surface area contributed by atoms with E-state index in [2.05, 4.69) is 77.5 Å². The van der Waals surface area contributed by atoms with E-state index >= 15 is 0 Å². The lowest BCUT2D eigenvalue weighted by atomic mass is 10.0. The Morgan fingerprint density at radius 2 is 1.48 bits per heavy atom. The first-order valence-corrected chi connectivity index (χ1v) is 8.45. The Morgan fingerprint density at radius 3 is 2.22 bits per heavy atom. The van der Waals surface area contributed by atoms with E-state index in [0.717, 1.165) is 27.9 Å². The smallest absolute Gasteiger partial charge is 0.0668 e. The van der Waals surface area contributed by atoms with Crippen molar-refractivity contribution < 1.29 is 0 Å². The summed E-state index contributed by atoms with van der Waals surface area (Å²) in [6.07, 6.45) is 0.897. The highest BCUT2D eigenvalue weighted by Crippen LogP contribution is 2.23. The Balaban J connectivity index is 1.91. The van der Waals surface area contributed by atoms with Gasteiger partial charge in [0.2, 0.25) is 0 Å². The van der Waals surface area contributed by atoms with Crippen LogP contribution in [0.1, 0.15) is 23.6 Å². The molecule has 0 atom stereocenters. The zero-order valence-corrected chi connectivity index (χ0v) is 14.6. The maximum Gasteiger partial charge on any atom is 0.0668 e. The molecule has 2 heteroatoms. The third-order valence-electron chi connectivity index (χ3n) is 3.78. The fraction of sp³-hybridized carbons (Fsp3) is 0.0952. The number of hydrogen-bond donors (Lipinski definition) is 0. The van der Waals surface area contributed by atoms with Gasteiger partial charge in [0.1, 0.15) is 0 Å². The van der Waals surface area contributed by atoms with Gasteiger partial charge in [-0.05, 0) is 48.2 Å². The van der Waals surface area contributed by atoms with Crippen LogP contribution < -0.4 is 0 Å². The van der Waals surface area contributed by atoms with Crippen molar-refractivity contribution in [1.82, 2.24) is 0 Å². The average Bonchev–Trinajstić information content (AvgIpc) is 2.58. The molecule has 0 saturated heterocycles. The standard InChI is InChI=1S/C21H18BrN/c1-16(18-11-13-20(22)14-12-18)23-21-10-6-5-9-19(21)15-17-7-3-2-4-8-17/h2-14H,15H2,1H3. The largest absolute Gasteiger partial charge is 0.253 e. The van der Waals surface area contributed by atoms with Crippen LogP contribution in [0.4, 0.5) is 5.69 Å². The normalized spacial score (nSPS) is 11.5. The zero-order chi connectivity index (χ0) is 16.1. The molecule has 0 fully saturated rings. The molecular formula is C21H18BrN. The summed E-state index contributed by atoms with van der Waals surface area (Å²) < 4.78 is 1.08. The predicted molar refractivity (Wildman–Crippen MR) is 102 cm³/mol. The number of halogens is 1. The second-order valence-corrected chi connectivity index (χ2v) is 6.41. The molecule has 23 heavy (non-hydrogen) atoms. The van der Waals surface area contributed by atoms with Crippen LogP contribution in [0.3, 0.4) is 0 Å². The molecule has 0 N–H and O–H groups in total. The molecule has 0 spiro atoms. The predicted octanol–water partition coefficient (Wildman–Crippen LogP) is 6.18. The third-order valence-corrected chi connectivity index (χ3v) is 4.31. The molecule has 3 rings (SSSR count). The fourth-order valence-electron chi connectivity index (χ4n) is 2.52. The molecule has 0 aliphatic carbocycles. The third kappa shape index (κ3) is 4.17. The molecule has 0 aromatic heterocycles. The molecule has 3 aromatic rings. The van der Waals surface area contributed by atoms with Gasteiger partial charge in [-0.25, -0.2) is 0 Å². The summed E-state index contributed by atoms with van der Waals surface area (Å²) in [7, 11) is 0. The van der Waals surface area contributed by atoms with Gasteiger partial charge in [0.25, 0.3) is 0 Å². The highest BCUT2D eigenvalue weighted by Gasteiger charge is 2.04. The van der Waals surface area contributed by atoms with Gasteiger partial charge >= 0.3 is 0 Å². The van der Waals surface area contributed by atoms with E-state index in [1.807, 2.05) is 24.3 Å². The van der Waals surface area contributed by atoms with E-state index in [0.29, 0.717) is 0 Å². The lowest BCUT2D eigenvalue weighted by Crippen LogP contribution is -1.95. The van der Waals surface area contributed by atoms with Gasteiger partial charge in [-0.1, -0.05) is 76.6 Å². The Hall–Kier alpha value is -2.19. The summed E-state index contributed by atoms with van der Waals surface area (Å²) in [4.78, 5) is 4.86. The van der Waals surface area contributed by atoms with Crippen molar-refractivity contribution in [3.63, 3.8) is 0 Å². The zero-order valence-electron chi connectivity index (χ0n) is 13.0. The maximum atomic E-state index is 4.86. The molecule has 0 bridgehead atoms. The molecular weight excluding hydrogens is 346 g/mol. The van der Waals surface area contributed by atoms with E-state index in [1.165, 1.54) is 11.1 Å². The fourth-order valence-corrected chi connectivity index (χ4v) is 2.79. The Morgan fingerprint density at radius 1 is 0.826 bits per heavy atom. The van der Waals surface area contributed by atoms with Crippen LogP contribution in [0.25, 0.3) is 0 Å². The van der Waals surface area contributed by atoms with Gasteiger partial charge in [-0.3, -0.25) is 4.99 Å². The minimum absolute atomic E-state index is 0.897. The molecule has 114 valence electrons. The quantitative estimate of drug-likeness (QED) is 0.490. The van der Waals surface area contributed by atoms with Gasteiger partial charge in [-0.15, -0.1) is 0 Å². The molecule has 3 aromatic carbocycles. The first-order valence-electron chi connectivity index (χ1n) is 7.65. The second-order valence-electron chi connectivity index (χ2n) is 5.50. The molecule has 0 heterocycles. The summed E-state index contributed by atoms with van der Waals surface area (Å²) in [5.41, 5.74) is 5.75. The molecule has 0 radical (unpaired) electrons. The number of aliphatic imine (C=N–C) groups is 1. The monoisotopic (exact) mass is 363 g/mol. The van der Waals surface area contributed by atoms with Gasteiger partial charge in [-0.2, -0.15) is 0 Å². The summed E-state index contributed by atoms with van der Waals surface area (Å²) in [5.74, 6) is 0. The van der Waals surface area contributed by atoms with E-state index in [4.69, 9.17) is 4.99 Å². The van der Waals surface area contributed by atoms with Crippen LogP contribution in [0, 0.1) is 0 Å². The summed E-state index contributed by atoms with van der Waals surface area (Å²) >= 11 is 3.47. The minimum atomic E-state index is 0.897. The first kappa shape index (κ1) is 15.7. The van der Waals surface area contributed by atoms with Crippen molar-refractivity contribution in [2.75, 3.05) is 0 Å². The molecule has 0 aliphatic heterocycles. The van der Waals surface area contributed by atoms with Crippen LogP contribution in [0.5, 0.6) is 0 Å². The SMILES string of the molecule is CC(=Nc1ccccc1Cc1ccccc1)c1ccc(Br)cc1. The number of hydrogen-bond acceptors (Lipinski definition) is 1. The number of nitrogens with zero attached hydrogens (tertiary/aromatic N) is 1. The maximum absolute atomic E-state index is 4.86. The molecule has 1 nitrogen and oxygen atoms in total. The van der Waals surface area contributed by atoms with Crippen molar-refractivity contribution >= 4 is 27.3 Å². The topological polar surface area (TPSA) is 12.4 Å². The average molecular weight is 364 g/mol.